The number of pyridine rings is 1. The Kier molecular flexibility index (Phi) is 3.76. The van der Waals surface area contributed by atoms with Crippen LogP contribution in [0.5, 0.6) is 5.75 Å². The number of anilines is 2. The quantitative estimate of drug-likeness (QED) is 0.683. The van der Waals surface area contributed by atoms with Crippen molar-refractivity contribution in [1.29, 1.82) is 0 Å². The van der Waals surface area contributed by atoms with E-state index in [9.17, 15) is 9.50 Å². The van der Waals surface area contributed by atoms with Gasteiger partial charge in [-0.05, 0) is 23.8 Å². The summed E-state index contributed by atoms with van der Waals surface area (Å²) in [5, 5.41) is 9.25. The first-order chi connectivity index (χ1) is 11.0. The van der Waals surface area contributed by atoms with Gasteiger partial charge in [-0.25, -0.2) is 14.4 Å². The summed E-state index contributed by atoms with van der Waals surface area (Å²) in [6.45, 7) is 0. The summed E-state index contributed by atoms with van der Waals surface area (Å²) in [5.41, 5.74) is 13.2. The lowest BCUT2D eigenvalue weighted by Gasteiger charge is -2.11. The van der Waals surface area contributed by atoms with Gasteiger partial charge in [0.05, 0.1) is 0 Å². The van der Waals surface area contributed by atoms with Gasteiger partial charge in [0.2, 0.25) is 0 Å². The summed E-state index contributed by atoms with van der Waals surface area (Å²) in [6.07, 6.45) is 1.75. The molecule has 0 amide bonds. The number of aromatic hydroxyl groups is 1. The minimum Gasteiger partial charge on any atom is -0.508 e. The van der Waals surface area contributed by atoms with Crippen molar-refractivity contribution in [2.75, 3.05) is 11.5 Å². The first-order valence-electron chi connectivity index (χ1n) is 6.85. The van der Waals surface area contributed by atoms with E-state index in [-0.39, 0.29) is 23.8 Å². The van der Waals surface area contributed by atoms with E-state index >= 15 is 0 Å². The van der Waals surface area contributed by atoms with Gasteiger partial charge >= 0.3 is 0 Å². The monoisotopic (exact) mass is 311 g/mol. The van der Waals surface area contributed by atoms with Crippen molar-refractivity contribution in [3.63, 3.8) is 0 Å². The Morgan fingerprint density at radius 3 is 2.39 bits per heavy atom. The molecule has 0 aliphatic heterocycles. The van der Waals surface area contributed by atoms with E-state index in [4.69, 9.17) is 11.5 Å². The van der Waals surface area contributed by atoms with Crippen molar-refractivity contribution >= 4 is 11.6 Å². The van der Waals surface area contributed by atoms with Crippen LogP contribution in [0.25, 0.3) is 11.5 Å². The van der Waals surface area contributed by atoms with Crippen LogP contribution in [0.2, 0.25) is 0 Å². The lowest BCUT2D eigenvalue weighted by molar-refractivity contribution is 0.468. The van der Waals surface area contributed by atoms with Crippen LogP contribution in [-0.2, 0) is 6.42 Å². The molecule has 0 aliphatic carbocycles. The Morgan fingerprint density at radius 1 is 1.04 bits per heavy atom. The van der Waals surface area contributed by atoms with Crippen LogP contribution in [0, 0.1) is 5.82 Å². The minimum absolute atomic E-state index is 0.131. The highest BCUT2D eigenvalue weighted by molar-refractivity contribution is 5.61. The van der Waals surface area contributed by atoms with Gasteiger partial charge < -0.3 is 16.6 Å². The number of rotatable bonds is 3. The predicted octanol–water partition coefficient (Wildman–Crippen LogP) is 2.14. The topological polar surface area (TPSA) is 111 Å². The third-order valence-corrected chi connectivity index (χ3v) is 3.37. The zero-order valence-electron chi connectivity index (χ0n) is 12.1. The zero-order chi connectivity index (χ0) is 16.4. The number of phenolic OH excluding ortho intramolecular Hbond substituents is 1. The second-order valence-corrected chi connectivity index (χ2v) is 4.96. The van der Waals surface area contributed by atoms with Crippen molar-refractivity contribution in [3.05, 3.63) is 59.5 Å². The maximum Gasteiger partial charge on any atom is 0.182 e. The minimum atomic E-state index is -0.544. The number of nitrogens with two attached hydrogens (primary N) is 2. The molecule has 1 aromatic carbocycles. The first-order valence-corrected chi connectivity index (χ1v) is 6.85. The molecule has 0 saturated heterocycles. The van der Waals surface area contributed by atoms with Gasteiger partial charge in [-0.2, -0.15) is 0 Å². The van der Waals surface area contributed by atoms with Gasteiger partial charge in [-0.1, -0.05) is 12.1 Å². The fourth-order valence-electron chi connectivity index (χ4n) is 2.18. The number of halogens is 1. The van der Waals surface area contributed by atoms with Gasteiger partial charge in [0.1, 0.15) is 28.9 Å². The Balaban J connectivity index is 1.98. The molecular formula is C16H14FN5O. The van der Waals surface area contributed by atoms with Crippen LogP contribution >= 0.6 is 0 Å². The molecule has 0 unspecified atom stereocenters. The molecule has 0 atom stereocenters. The van der Waals surface area contributed by atoms with Crippen molar-refractivity contribution in [1.82, 2.24) is 15.0 Å². The number of nitrogen functional groups attached to an aromatic ring is 2. The van der Waals surface area contributed by atoms with Crippen molar-refractivity contribution in [2.24, 2.45) is 0 Å². The molecule has 0 fully saturated rings. The lowest BCUT2D eigenvalue weighted by Crippen LogP contribution is -2.09. The van der Waals surface area contributed by atoms with Crippen molar-refractivity contribution in [3.8, 4) is 17.3 Å². The van der Waals surface area contributed by atoms with Crippen LogP contribution in [0.1, 0.15) is 11.1 Å². The van der Waals surface area contributed by atoms with Crippen LogP contribution in [-0.4, -0.2) is 20.1 Å². The fourth-order valence-corrected chi connectivity index (χ4v) is 2.18. The van der Waals surface area contributed by atoms with E-state index in [1.54, 1.807) is 24.4 Å². The molecule has 2 aromatic heterocycles. The normalized spacial score (nSPS) is 10.7. The summed E-state index contributed by atoms with van der Waals surface area (Å²) >= 11 is 0. The highest BCUT2D eigenvalue weighted by Crippen LogP contribution is 2.25. The smallest absolute Gasteiger partial charge is 0.182 e. The van der Waals surface area contributed by atoms with E-state index in [1.807, 2.05) is 0 Å². The van der Waals surface area contributed by atoms with E-state index < -0.39 is 5.82 Å². The van der Waals surface area contributed by atoms with Crippen LogP contribution in [0.15, 0.2) is 42.6 Å². The standard InChI is InChI=1S/C16H14FN5O/c17-12-8-10(23)5-4-9(12)7-11-14(18)21-16(22-15(11)19)13-3-1-2-6-20-13/h1-6,8,23H,7H2,(H4,18,19,21,22). The molecule has 0 bridgehead atoms. The van der Waals surface area contributed by atoms with Gasteiger partial charge in [0.25, 0.3) is 0 Å². The molecule has 0 radical (unpaired) electrons. The Morgan fingerprint density at radius 2 is 1.78 bits per heavy atom. The average Bonchev–Trinajstić information content (AvgIpc) is 2.53. The van der Waals surface area contributed by atoms with Gasteiger partial charge in [-0.15, -0.1) is 0 Å². The van der Waals surface area contributed by atoms with E-state index in [0.717, 1.165) is 6.07 Å². The Hall–Kier alpha value is -3.22. The SMILES string of the molecule is Nc1nc(-c2ccccn2)nc(N)c1Cc1ccc(O)cc1F. The molecule has 0 spiro atoms. The molecule has 7 heteroatoms. The number of hydrogen-bond donors (Lipinski definition) is 3. The molecule has 2 heterocycles. The number of aromatic nitrogens is 3. The van der Waals surface area contributed by atoms with Gasteiger partial charge in [0, 0.05) is 24.2 Å². The first kappa shape index (κ1) is 14.7. The number of phenols is 1. The van der Waals surface area contributed by atoms with E-state index in [1.165, 1.54) is 12.1 Å². The predicted molar refractivity (Wildman–Crippen MR) is 85.0 cm³/mol. The Labute approximate surface area is 131 Å². The lowest BCUT2D eigenvalue weighted by atomic mass is 10.0. The number of benzene rings is 1. The summed E-state index contributed by atoms with van der Waals surface area (Å²) < 4.78 is 13.9. The van der Waals surface area contributed by atoms with E-state index in [0.29, 0.717) is 22.6 Å². The molecule has 0 saturated carbocycles. The highest BCUT2D eigenvalue weighted by Gasteiger charge is 2.14. The van der Waals surface area contributed by atoms with Gasteiger partial charge in [0.15, 0.2) is 5.82 Å². The molecule has 6 nitrogen and oxygen atoms in total. The summed E-state index contributed by atoms with van der Waals surface area (Å²) in [5.74, 6) is -0.0293. The summed E-state index contributed by atoms with van der Waals surface area (Å²) in [6, 6.07) is 9.22. The molecule has 23 heavy (non-hydrogen) atoms. The fraction of sp³-hybridized carbons (Fsp3) is 0.0625. The van der Waals surface area contributed by atoms with Crippen molar-refractivity contribution < 1.29 is 9.50 Å². The third kappa shape index (κ3) is 3.03. The molecule has 3 rings (SSSR count). The maximum atomic E-state index is 13.9. The molecule has 5 N–H and O–H groups in total. The van der Waals surface area contributed by atoms with Gasteiger partial charge in [-0.3, -0.25) is 4.98 Å². The highest BCUT2D eigenvalue weighted by atomic mass is 19.1. The van der Waals surface area contributed by atoms with Crippen LogP contribution in [0.3, 0.4) is 0 Å². The molecule has 116 valence electrons. The van der Waals surface area contributed by atoms with Crippen LogP contribution in [0.4, 0.5) is 16.0 Å². The second kappa shape index (κ2) is 5.88. The number of nitrogens with zero attached hydrogens (tertiary/aromatic N) is 3. The van der Waals surface area contributed by atoms with Crippen molar-refractivity contribution in [2.45, 2.75) is 6.42 Å². The zero-order valence-corrected chi connectivity index (χ0v) is 12.1. The average molecular weight is 311 g/mol. The largest absolute Gasteiger partial charge is 0.508 e. The molecular weight excluding hydrogens is 297 g/mol. The summed E-state index contributed by atoms with van der Waals surface area (Å²) in [7, 11) is 0. The molecule has 0 aliphatic rings. The summed E-state index contributed by atoms with van der Waals surface area (Å²) in [4.78, 5) is 12.5. The Bertz CT molecular complexity index is 831. The van der Waals surface area contributed by atoms with Crippen LogP contribution < -0.4 is 11.5 Å². The second-order valence-electron chi connectivity index (χ2n) is 4.96. The number of hydrogen-bond acceptors (Lipinski definition) is 6. The van der Waals surface area contributed by atoms with E-state index in [2.05, 4.69) is 15.0 Å². The molecule has 3 aromatic rings. The maximum absolute atomic E-state index is 13.9. The third-order valence-electron chi connectivity index (χ3n) is 3.37.